The number of nitrogens with zero attached hydrogens (tertiary/aromatic N) is 1. The van der Waals surface area contributed by atoms with Crippen LogP contribution in [0.2, 0.25) is 0 Å². The van der Waals surface area contributed by atoms with E-state index in [1.807, 2.05) is 11.8 Å². The van der Waals surface area contributed by atoms with Crippen molar-refractivity contribution in [3.05, 3.63) is 23.8 Å². The number of aliphatic hydroxyl groups is 1. The zero-order valence-corrected chi connectivity index (χ0v) is 12.9. The van der Waals surface area contributed by atoms with E-state index in [0.29, 0.717) is 13.1 Å². The molecule has 0 aliphatic rings. The normalized spacial score (nSPS) is 10.7. The predicted molar refractivity (Wildman–Crippen MR) is 84.9 cm³/mol. The second kappa shape index (κ2) is 9.23. The Labute approximate surface area is 121 Å². The van der Waals surface area contributed by atoms with Crippen LogP contribution in [0, 0.1) is 0 Å². The summed E-state index contributed by atoms with van der Waals surface area (Å²) in [5, 5.41) is 9.26. The third-order valence-electron chi connectivity index (χ3n) is 3.10. The standard InChI is InChI=1S/C15H26N2OS/c1-3-5-9-17(10-11-18)14-7-6-8-15(19-4-2)13(14)12-16/h6-8,18H,3-5,9-12,16H2,1-2H3. The number of hydrogen-bond acceptors (Lipinski definition) is 4. The number of unbranched alkanes of at least 4 members (excludes halogenated alkanes) is 1. The van der Waals surface area contributed by atoms with Gasteiger partial charge in [0, 0.05) is 35.8 Å². The minimum atomic E-state index is 0.179. The van der Waals surface area contributed by atoms with Crippen molar-refractivity contribution in [1.82, 2.24) is 0 Å². The van der Waals surface area contributed by atoms with E-state index in [-0.39, 0.29) is 6.61 Å². The van der Waals surface area contributed by atoms with Gasteiger partial charge in [-0.25, -0.2) is 0 Å². The van der Waals surface area contributed by atoms with Gasteiger partial charge in [0.1, 0.15) is 0 Å². The Morgan fingerprint density at radius 3 is 2.63 bits per heavy atom. The number of anilines is 1. The summed E-state index contributed by atoms with van der Waals surface area (Å²) in [7, 11) is 0. The molecule has 0 heterocycles. The van der Waals surface area contributed by atoms with Crippen LogP contribution >= 0.6 is 11.8 Å². The Morgan fingerprint density at radius 2 is 2.05 bits per heavy atom. The molecule has 0 aromatic heterocycles. The van der Waals surface area contributed by atoms with Gasteiger partial charge in [-0.3, -0.25) is 0 Å². The Balaban J connectivity index is 3.02. The third-order valence-corrected chi connectivity index (χ3v) is 4.09. The van der Waals surface area contributed by atoms with E-state index >= 15 is 0 Å². The van der Waals surface area contributed by atoms with Crippen LogP contribution in [0.25, 0.3) is 0 Å². The summed E-state index contributed by atoms with van der Waals surface area (Å²) in [6.45, 7) is 6.72. The molecule has 1 aromatic rings. The predicted octanol–water partition coefficient (Wildman–Crippen LogP) is 2.86. The average molecular weight is 282 g/mol. The molecule has 0 bridgehead atoms. The lowest BCUT2D eigenvalue weighted by atomic mass is 10.1. The minimum absolute atomic E-state index is 0.179. The van der Waals surface area contributed by atoms with Crippen LogP contribution in [0.1, 0.15) is 32.3 Å². The molecule has 0 amide bonds. The van der Waals surface area contributed by atoms with Gasteiger partial charge >= 0.3 is 0 Å². The largest absolute Gasteiger partial charge is 0.395 e. The molecule has 0 unspecified atom stereocenters. The first-order valence-electron chi connectivity index (χ1n) is 7.09. The Bertz CT molecular complexity index is 371. The highest BCUT2D eigenvalue weighted by atomic mass is 32.2. The van der Waals surface area contributed by atoms with Gasteiger partial charge in [0.05, 0.1) is 6.61 Å². The summed E-state index contributed by atoms with van der Waals surface area (Å²) in [4.78, 5) is 3.52. The highest BCUT2D eigenvalue weighted by Gasteiger charge is 2.13. The van der Waals surface area contributed by atoms with Crippen molar-refractivity contribution in [2.45, 2.75) is 38.1 Å². The van der Waals surface area contributed by atoms with E-state index in [2.05, 4.69) is 36.9 Å². The highest BCUT2D eigenvalue weighted by molar-refractivity contribution is 7.99. The van der Waals surface area contributed by atoms with Crippen LogP contribution < -0.4 is 10.6 Å². The smallest absolute Gasteiger partial charge is 0.0606 e. The van der Waals surface area contributed by atoms with Gasteiger partial charge in [-0.15, -0.1) is 11.8 Å². The second-order valence-electron chi connectivity index (χ2n) is 4.46. The van der Waals surface area contributed by atoms with E-state index in [1.165, 1.54) is 16.1 Å². The molecule has 0 saturated heterocycles. The third kappa shape index (κ3) is 4.71. The minimum Gasteiger partial charge on any atom is -0.395 e. The van der Waals surface area contributed by atoms with E-state index in [9.17, 15) is 5.11 Å². The Hall–Kier alpha value is -0.710. The number of hydrogen-bond donors (Lipinski definition) is 2. The van der Waals surface area contributed by atoms with Crippen LogP contribution in [-0.4, -0.2) is 30.6 Å². The molecule has 19 heavy (non-hydrogen) atoms. The topological polar surface area (TPSA) is 49.5 Å². The van der Waals surface area contributed by atoms with E-state index in [1.54, 1.807) is 0 Å². The van der Waals surface area contributed by atoms with Gasteiger partial charge in [-0.1, -0.05) is 26.3 Å². The molecule has 0 saturated carbocycles. The average Bonchev–Trinajstić information content (AvgIpc) is 2.43. The first-order chi connectivity index (χ1) is 9.28. The molecular formula is C15H26N2OS. The Morgan fingerprint density at radius 1 is 1.26 bits per heavy atom. The molecule has 0 radical (unpaired) electrons. The van der Waals surface area contributed by atoms with Crippen molar-refractivity contribution in [2.75, 3.05) is 30.3 Å². The van der Waals surface area contributed by atoms with E-state index < -0.39 is 0 Å². The van der Waals surface area contributed by atoms with Crippen molar-refractivity contribution >= 4 is 17.4 Å². The quantitative estimate of drug-likeness (QED) is 0.684. The second-order valence-corrected chi connectivity index (χ2v) is 5.76. The molecule has 0 fully saturated rings. The zero-order valence-electron chi connectivity index (χ0n) is 12.1. The molecule has 4 heteroatoms. The van der Waals surface area contributed by atoms with Crippen molar-refractivity contribution in [3.63, 3.8) is 0 Å². The lowest BCUT2D eigenvalue weighted by Gasteiger charge is -2.27. The maximum atomic E-state index is 9.26. The highest BCUT2D eigenvalue weighted by Crippen LogP contribution is 2.30. The first kappa shape index (κ1) is 16.3. The van der Waals surface area contributed by atoms with Crippen molar-refractivity contribution in [1.29, 1.82) is 0 Å². The molecule has 1 rings (SSSR count). The lowest BCUT2D eigenvalue weighted by molar-refractivity contribution is 0.301. The van der Waals surface area contributed by atoms with E-state index in [0.717, 1.165) is 25.1 Å². The zero-order chi connectivity index (χ0) is 14.1. The molecular weight excluding hydrogens is 256 g/mol. The lowest BCUT2D eigenvalue weighted by Crippen LogP contribution is -2.29. The molecule has 108 valence electrons. The van der Waals surface area contributed by atoms with Crippen molar-refractivity contribution in [2.24, 2.45) is 5.73 Å². The number of rotatable bonds is 9. The maximum absolute atomic E-state index is 9.26. The molecule has 0 aliphatic heterocycles. The number of nitrogens with two attached hydrogens (primary N) is 1. The molecule has 0 aliphatic carbocycles. The molecule has 1 aromatic carbocycles. The molecule has 0 spiro atoms. The van der Waals surface area contributed by atoms with Crippen LogP contribution in [-0.2, 0) is 6.54 Å². The fourth-order valence-corrected chi connectivity index (χ4v) is 3.02. The van der Waals surface area contributed by atoms with Crippen LogP contribution in [0.15, 0.2) is 23.1 Å². The molecule has 0 atom stereocenters. The maximum Gasteiger partial charge on any atom is 0.0606 e. The summed E-state index contributed by atoms with van der Waals surface area (Å²) >= 11 is 1.83. The summed E-state index contributed by atoms with van der Waals surface area (Å²) in [6, 6.07) is 6.34. The number of benzene rings is 1. The van der Waals surface area contributed by atoms with E-state index in [4.69, 9.17) is 5.73 Å². The van der Waals surface area contributed by atoms with Gasteiger partial charge in [-0.2, -0.15) is 0 Å². The number of aliphatic hydroxyl groups excluding tert-OH is 1. The summed E-state index contributed by atoms with van der Waals surface area (Å²) in [6.07, 6.45) is 2.29. The Kier molecular flexibility index (Phi) is 7.94. The first-order valence-corrected chi connectivity index (χ1v) is 8.07. The van der Waals surface area contributed by atoms with Gasteiger partial charge in [0.15, 0.2) is 0 Å². The van der Waals surface area contributed by atoms with Gasteiger partial charge in [0.2, 0.25) is 0 Å². The summed E-state index contributed by atoms with van der Waals surface area (Å²) in [5.41, 5.74) is 8.33. The van der Waals surface area contributed by atoms with Gasteiger partial charge < -0.3 is 15.7 Å². The summed E-state index contributed by atoms with van der Waals surface area (Å²) < 4.78 is 0. The fourth-order valence-electron chi connectivity index (χ4n) is 2.17. The van der Waals surface area contributed by atoms with Crippen molar-refractivity contribution in [3.8, 4) is 0 Å². The molecule has 3 nitrogen and oxygen atoms in total. The monoisotopic (exact) mass is 282 g/mol. The van der Waals surface area contributed by atoms with Gasteiger partial charge in [0.25, 0.3) is 0 Å². The summed E-state index contributed by atoms with van der Waals surface area (Å²) in [5.74, 6) is 1.05. The van der Waals surface area contributed by atoms with Crippen LogP contribution in [0.5, 0.6) is 0 Å². The van der Waals surface area contributed by atoms with Crippen LogP contribution in [0.4, 0.5) is 5.69 Å². The van der Waals surface area contributed by atoms with Crippen LogP contribution in [0.3, 0.4) is 0 Å². The van der Waals surface area contributed by atoms with Gasteiger partial charge in [-0.05, 0) is 24.3 Å². The molecule has 3 N–H and O–H groups in total. The number of thioether (sulfide) groups is 1. The van der Waals surface area contributed by atoms with Crippen molar-refractivity contribution < 1.29 is 5.11 Å². The SMILES string of the molecule is CCCCN(CCO)c1cccc(SCC)c1CN. The fraction of sp³-hybridized carbons (Fsp3) is 0.600.